The summed E-state index contributed by atoms with van der Waals surface area (Å²) >= 11 is 3.36. The molecule has 0 amide bonds. The second-order valence-electron chi connectivity index (χ2n) is 3.35. The number of fused-ring (bicyclic) bond motifs is 1. The molecule has 3 nitrogen and oxygen atoms in total. The van der Waals surface area contributed by atoms with E-state index in [-0.39, 0.29) is 5.56 Å². The Morgan fingerprint density at radius 2 is 2.27 bits per heavy atom. The number of rotatable bonds is 2. The van der Waals surface area contributed by atoms with Crippen LogP contribution in [0.25, 0.3) is 10.9 Å². The Hall–Kier alpha value is -1.16. The van der Waals surface area contributed by atoms with Gasteiger partial charge in [0.15, 0.2) is 0 Å². The minimum atomic E-state index is -0.0559. The van der Waals surface area contributed by atoms with Crippen LogP contribution in [0.15, 0.2) is 23.0 Å². The first-order chi connectivity index (χ1) is 7.24. The Kier molecular flexibility index (Phi) is 2.86. The molecule has 1 aromatic heterocycles. The number of aromatic amines is 1. The zero-order valence-corrected chi connectivity index (χ0v) is 9.97. The highest BCUT2D eigenvalue weighted by Gasteiger charge is 2.03. The van der Waals surface area contributed by atoms with Gasteiger partial charge in [-0.2, -0.15) is 0 Å². The standard InChI is InChI=1S/C11H11BrN2O/c1-2-10-13-9-4-3-7(6-12)5-8(9)11(15)14-10/h3-5H,2,6H2,1H3,(H,13,14,15). The van der Waals surface area contributed by atoms with Crippen molar-refractivity contribution < 1.29 is 0 Å². The summed E-state index contributed by atoms with van der Waals surface area (Å²) in [6.45, 7) is 1.97. The summed E-state index contributed by atoms with van der Waals surface area (Å²) in [5.41, 5.74) is 1.79. The molecule has 78 valence electrons. The van der Waals surface area contributed by atoms with Crippen LogP contribution in [-0.2, 0) is 11.8 Å². The van der Waals surface area contributed by atoms with E-state index in [0.29, 0.717) is 5.39 Å². The van der Waals surface area contributed by atoms with Gasteiger partial charge in [-0.1, -0.05) is 28.9 Å². The maximum absolute atomic E-state index is 11.7. The molecule has 0 aliphatic rings. The summed E-state index contributed by atoms with van der Waals surface area (Å²) in [6, 6.07) is 5.73. The third kappa shape index (κ3) is 1.95. The van der Waals surface area contributed by atoms with Gasteiger partial charge in [-0.3, -0.25) is 4.79 Å². The Labute approximate surface area is 95.7 Å². The third-order valence-electron chi connectivity index (χ3n) is 2.31. The first kappa shape index (κ1) is 10.4. The smallest absolute Gasteiger partial charge is 0.258 e. The highest BCUT2D eigenvalue weighted by atomic mass is 79.9. The van der Waals surface area contributed by atoms with Crippen LogP contribution in [0.1, 0.15) is 18.3 Å². The third-order valence-corrected chi connectivity index (χ3v) is 2.96. The predicted octanol–water partition coefficient (Wildman–Crippen LogP) is 2.38. The summed E-state index contributed by atoms with van der Waals surface area (Å²) in [6.07, 6.45) is 0.741. The molecule has 0 aliphatic carbocycles. The largest absolute Gasteiger partial charge is 0.310 e. The van der Waals surface area contributed by atoms with E-state index in [1.807, 2.05) is 25.1 Å². The predicted molar refractivity (Wildman–Crippen MR) is 64.4 cm³/mol. The molecule has 0 bridgehead atoms. The maximum atomic E-state index is 11.7. The fourth-order valence-corrected chi connectivity index (χ4v) is 1.83. The fraction of sp³-hybridized carbons (Fsp3) is 0.273. The minimum Gasteiger partial charge on any atom is -0.310 e. The van der Waals surface area contributed by atoms with E-state index in [1.54, 1.807) is 0 Å². The molecule has 0 saturated heterocycles. The molecule has 1 heterocycles. The van der Waals surface area contributed by atoms with Crippen molar-refractivity contribution in [3.63, 3.8) is 0 Å². The van der Waals surface area contributed by atoms with Crippen molar-refractivity contribution in [2.24, 2.45) is 0 Å². The van der Waals surface area contributed by atoms with Gasteiger partial charge in [-0.25, -0.2) is 4.98 Å². The van der Waals surface area contributed by atoms with Crippen molar-refractivity contribution in [2.75, 3.05) is 0 Å². The number of aromatic nitrogens is 2. The minimum absolute atomic E-state index is 0.0559. The van der Waals surface area contributed by atoms with Crippen molar-refractivity contribution in [2.45, 2.75) is 18.7 Å². The molecule has 1 N–H and O–H groups in total. The lowest BCUT2D eigenvalue weighted by molar-refractivity contribution is 0.944. The number of nitrogens with one attached hydrogen (secondary N) is 1. The number of benzene rings is 1. The molecular weight excluding hydrogens is 256 g/mol. The first-order valence-corrected chi connectivity index (χ1v) is 5.94. The van der Waals surface area contributed by atoms with Crippen LogP contribution in [0.5, 0.6) is 0 Å². The van der Waals surface area contributed by atoms with Gasteiger partial charge in [0.05, 0.1) is 10.9 Å². The molecular formula is C11H11BrN2O. The Morgan fingerprint density at radius 1 is 1.47 bits per heavy atom. The molecule has 2 rings (SSSR count). The van der Waals surface area contributed by atoms with Gasteiger partial charge >= 0.3 is 0 Å². The fourth-order valence-electron chi connectivity index (χ4n) is 1.48. The highest BCUT2D eigenvalue weighted by molar-refractivity contribution is 9.08. The summed E-state index contributed by atoms with van der Waals surface area (Å²) in [5.74, 6) is 0.735. The number of aryl methyl sites for hydroxylation is 1. The lowest BCUT2D eigenvalue weighted by atomic mass is 10.2. The van der Waals surface area contributed by atoms with Crippen molar-refractivity contribution in [3.05, 3.63) is 39.9 Å². The van der Waals surface area contributed by atoms with Crippen LogP contribution in [0.4, 0.5) is 0 Å². The van der Waals surface area contributed by atoms with E-state index < -0.39 is 0 Å². The molecule has 0 atom stereocenters. The van der Waals surface area contributed by atoms with E-state index in [0.717, 1.165) is 28.7 Å². The molecule has 2 aromatic rings. The number of nitrogens with zero attached hydrogens (tertiary/aromatic N) is 1. The second-order valence-corrected chi connectivity index (χ2v) is 3.91. The summed E-state index contributed by atoms with van der Waals surface area (Å²) in [5, 5.41) is 1.40. The molecule has 0 spiro atoms. The van der Waals surface area contributed by atoms with E-state index in [1.165, 1.54) is 0 Å². The topological polar surface area (TPSA) is 45.8 Å². The highest BCUT2D eigenvalue weighted by Crippen LogP contribution is 2.12. The van der Waals surface area contributed by atoms with Gasteiger partial charge < -0.3 is 4.98 Å². The van der Waals surface area contributed by atoms with Gasteiger partial charge in [0, 0.05) is 11.8 Å². The summed E-state index contributed by atoms with van der Waals surface area (Å²) in [7, 11) is 0. The van der Waals surface area contributed by atoms with Crippen LogP contribution in [0.2, 0.25) is 0 Å². The van der Waals surface area contributed by atoms with Gasteiger partial charge in [0.25, 0.3) is 5.56 Å². The Bertz CT molecular complexity index is 548. The van der Waals surface area contributed by atoms with Gasteiger partial charge in [0.1, 0.15) is 5.82 Å². The van der Waals surface area contributed by atoms with E-state index >= 15 is 0 Å². The lowest BCUT2D eigenvalue weighted by Gasteiger charge is -2.01. The normalized spacial score (nSPS) is 10.8. The van der Waals surface area contributed by atoms with Crippen LogP contribution in [0, 0.1) is 0 Å². The van der Waals surface area contributed by atoms with E-state index in [9.17, 15) is 4.79 Å². The van der Waals surface area contributed by atoms with E-state index in [2.05, 4.69) is 25.9 Å². The van der Waals surface area contributed by atoms with Crippen LogP contribution in [-0.4, -0.2) is 9.97 Å². The Morgan fingerprint density at radius 3 is 2.93 bits per heavy atom. The molecule has 0 unspecified atom stereocenters. The molecule has 0 radical (unpaired) electrons. The Balaban J connectivity index is 2.74. The number of alkyl halides is 1. The van der Waals surface area contributed by atoms with Crippen molar-refractivity contribution in [1.82, 2.24) is 9.97 Å². The average Bonchev–Trinajstić information content (AvgIpc) is 2.28. The molecule has 15 heavy (non-hydrogen) atoms. The van der Waals surface area contributed by atoms with Crippen LogP contribution < -0.4 is 5.56 Å². The van der Waals surface area contributed by atoms with Crippen molar-refractivity contribution >= 4 is 26.8 Å². The number of hydrogen-bond donors (Lipinski definition) is 1. The van der Waals surface area contributed by atoms with Gasteiger partial charge in [-0.05, 0) is 17.7 Å². The molecule has 0 fully saturated rings. The van der Waals surface area contributed by atoms with Crippen LogP contribution in [0.3, 0.4) is 0 Å². The SMILES string of the molecule is CCc1nc2ccc(CBr)cc2c(=O)[nH]1. The van der Waals surface area contributed by atoms with Crippen LogP contribution >= 0.6 is 15.9 Å². The first-order valence-electron chi connectivity index (χ1n) is 4.82. The number of H-pyrrole nitrogens is 1. The number of hydrogen-bond acceptors (Lipinski definition) is 2. The zero-order chi connectivity index (χ0) is 10.8. The number of halogens is 1. The maximum Gasteiger partial charge on any atom is 0.258 e. The average molecular weight is 267 g/mol. The quantitative estimate of drug-likeness (QED) is 0.849. The van der Waals surface area contributed by atoms with Gasteiger partial charge in [0.2, 0.25) is 0 Å². The second kappa shape index (κ2) is 4.14. The summed E-state index contributed by atoms with van der Waals surface area (Å²) in [4.78, 5) is 18.8. The van der Waals surface area contributed by atoms with Crippen molar-refractivity contribution in [1.29, 1.82) is 0 Å². The summed E-state index contributed by atoms with van der Waals surface area (Å²) < 4.78 is 0. The van der Waals surface area contributed by atoms with Gasteiger partial charge in [-0.15, -0.1) is 0 Å². The lowest BCUT2D eigenvalue weighted by Crippen LogP contribution is -2.11. The molecule has 0 aliphatic heterocycles. The molecule has 1 aromatic carbocycles. The zero-order valence-electron chi connectivity index (χ0n) is 8.38. The van der Waals surface area contributed by atoms with Crippen molar-refractivity contribution in [3.8, 4) is 0 Å². The molecule has 0 saturated carbocycles. The monoisotopic (exact) mass is 266 g/mol. The van der Waals surface area contributed by atoms with E-state index in [4.69, 9.17) is 0 Å². The molecule has 4 heteroatoms.